The molecule has 6 heteroatoms. The molecule has 0 amide bonds. The standard InChI is InChI=1S/C14H15FN2O2S/c1-9-3-4-10(2)14(5-9)20(18,19)17-13-7-11(15)6-12(16)8-13/h3-8,17H,16H2,1-2H3. The fourth-order valence-electron chi connectivity index (χ4n) is 1.88. The minimum absolute atomic E-state index is 0.100. The van der Waals surface area contributed by atoms with E-state index in [1.165, 1.54) is 6.07 Å². The molecule has 0 fully saturated rings. The van der Waals surface area contributed by atoms with Crippen LogP contribution in [0.15, 0.2) is 41.3 Å². The molecule has 2 aromatic carbocycles. The molecule has 0 atom stereocenters. The monoisotopic (exact) mass is 294 g/mol. The van der Waals surface area contributed by atoms with E-state index in [0.717, 1.165) is 17.7 Å². The van der Waals surface area contributed by atoms with E-state index in [1.807, 2.05) is 6.07 Å². The Labute approximate surface area is 117 Å². The van der Waals surface area contributed by atoms with Crippen LogP contribution in [-0.4, -0.2) is 8.42 Å². The predicted molar refractivity (Wildman–Crippen MR) is 77.5 cm³/mol. The SMILES string of the molecule is Cc1ccc(C)c(S(=O)(=O)Nc2cc(N)cc(F)c2)c1. The summed E-state index contributed by atoms with van der Waals surface area (Å²) in [6.45, 7) is 3.51. The number of sulfonamides is 1. The number of rotatable bonds is 3. The molecule has 2 rings (SSSR count). The molecule has 0 saturated heterocycles. The summed E-state index contributed by atoms with van der Waals surface area (Å²) in [5.41, 5.74) is 7.20. The van der Waals surface area contributed by atoms with Crippen LogP contribution in [0.4, 0.5) is 15.8 Å². The Hall–Kier alpha value is -2.08. The molecule has 2 aromatic rings. The van der Waals surface area contributed by atoms with E-state index in [1.54, 1.807) is 26.0 Å². The van der Waals surface area contributed by atoms with Crippen molar-refractivity contribution in [1.29, 1.82) is 0 Å². The number of hydrogen-bond acceptors (Lipinski definition) is 3. The second kappa shape index (κ2) is 5.13. The van der Waals surface area contributed by atoms with Crippen molar-refractivity contribution >= 4 is 21.4 Å². The van der Waals surface area contributed by atoms with Gasteiger partial charge in [0.1, 0.15) is 5.82 Å². The molecule has 0 saturated carbocycles. The van der Waals surface area contributed by atoms with Crippen molar-refractivity contribution in [1.82, 2.24) is 0 Å². The first-order valence-corrected chi connectivity index (χ1v) is 7.42. The van der Waals surface area contributed by atoms with Gasteiger partial charge in [-0.1, -0.05) is 12.1 Å². The third-order valence-corrected chi connectivity index (χ3v) is 4.33. The highest BCUT2D eigenvalue weighted by molar-refractivity contribution is 7.92. The number of halogens is 1. The molecule has 3 N–H and O–H groups in total. The van der Waals surface area contributed by atoms with Crippen molar-refractivity contribution in [3.05, 3.63) is 53.3 Å². The molecule has 0 aliphatic rings. The zero-order valence-corrected chi connectivity index (χ0v) is 12.0. The van der Waals surface area contributed by atoms with Crippen LogP contribution in [0.2, 0.25) is 0 Å². The van der Waals surface area contributed by atoms with E-state index in [-0.39, 0.29) is 16.3 Å². The molecule has 0 aliphatic carbocycles. The van der Waals surface area contributed by atoms with Crippen molar-refractivity contribution < 1.29 is 12.8 Å². The fraction of sp³-hybridized carbons (Fsp3) is 0.143. The lowest BCUT2D eigenvalue weighted by atomic mass is 10.2. The van der Waals surface area contributed by atoms with E-state index in [2.05, 4.69) is 4.72 Å². The van der Waals surface area contributed by atoms with E-state index < -0.39 is 15.8 Å². The molecule has 106 valence electrons. The zero-order valence-electron chi connectivity index (χ0n) is 11.1. The average Bonchev–Trinajstić information content (AvgIpc) is 2.30. The zero-order chi connectivity index (χ0) is 14.9. The smallest absolute Gasteiger partial charge is 0.262 e. The summed E-state index contributed by atoms with van der Waals surface area (Å²) in [6, 6.07) is 8.69. The maximum absolute atomic E-state index is 13.2. The Kier molecular flexibility index (Phi) is 3.67. The molecule has 0 unspecified atom stereocenters. The summed E-state index contributed by atoms with van der Waals surface area (Å²) in [6.07, 6.45) is 0. The van der Waals surface area contributed by atoms with Crippen molar-refractivity contribution in [2.24, 2.45) is 0 Å². The third-order valence-electron chi connectivity index (χ3n) is 2.81. The number of aryl methyl sites for hydroxylation is 2. The molecule has 0 heterocycles. The van der Waals surface area contributed by atoms with Crippen LogP contribution in [0.1, 0.15) is 11.1 Å². The topological polar surface area (TPSA) is 72.2 Å². The predicted octanol–water partition coefficient (Wildman–Crippen LogP) is 2.83. The van der Waals surface area contributed by atoms with Gasteiger partial charge in [0.15, 0.2) is 0 Å². The largest absolute Gasteiger partial charge is 0.399 e. The van der Waals surface area contributed by atoms with Gasteiger partial charge < -0.3 is 5.73 Å². The van der Waals surface area contributed by atoms with Gasteiger partial charge in [0, 0.05) is 5.69 Å². The van der Waals surface area contributed by atoms with Crippen molar-refractivity contribution in [2.75, 3.05) is 10.5 Å². The first-order chi connectivity index (χ1) is 9.28. The van der Waals surface area contributed by atoms with Gasteiger partial charge in [0.25, 0.3) is 10.0 Å². The maximum Gasteiger partial charge on any atom is 0.262 e. The lowest BCUT2D eigenvalue weighted by Crippen LogP contribution is -2.14. The molecule has 0 aliphatic heterocycles. The molecule has 0 spiro atoms. The summed E-state index contributed by atoms with van der Waals surface area (Å²) in [4.78, 5) is 0.167. The highest BCUT2D eigenvalue weighted by atomic mass is 32.2. The van der Waals surface area contributed by atoms with E-state index in [9.17, 15) is 12.8 Å². The number of nitrogen functional groups attached to an aromatic ring is 1. The van der Waals surface area contributed by atoms with E-state index in [4.69, 9.17) is 5.73 Å². The van der Waals surface area contributed by atoms with Gasteiger partial charge in [0.05, 0.1) is 10.6 Å². The van der Waals surface area contributed by atoms with Gasteiger partial charge >= 0.3 is 0 Å². The average molecular weight is 294 g/mol. The number of hydrogen-bond donors (Lipinski definition) is 2. The van der Waals surface area contributed by atoms with Crippen molar-refractivity contribution in [3.63, 3.8) is 0 Å². The van der Waals surface area contributed by atoms with Gasteiger partial charge in [-0.15, -0.1) is 0 Å². The van der Waals surface area contributed by atoms with Crippen LogP contribution in [-0.2, 0) is 10.0 Å². The number of nitrogens with one attached hydrogen (secondary N) is 1. The molecular weight excluding hydrogens is 279 g/mol. The van der Waals surface area contributed by atoms with Crippen LogP contribution >= 0.6 is 0 Å². The van der Waals surface area contributed by atoms with Gasteiger partial charge in [-0.25, -0.2) is 12.8 Å². The van der Waals surface area contributed by atoms with Gasteiger partial charge in [-0.3, -0.25) is 4.72 Å². The fourth-order valence-corrected chi connectivity index (χ4v) is 3.25. The Morgan fingerprint density at radius 1 is 1.10 bits per heavy atom. The molecule has 4 nitrogen and oxygen atoms in total. The summed E-state index contributed by atoms with van der Waals surface area (Å²) in [7, 11) is -3.77. The number of anilines is 2. The minimum atomic E-state index is -3.77. The van der Waals surface area contributed by atoms with E-state index >= 15 is 0 Å². The Morgan fingerprint density at radius 2 is 1.80 bits per heavy atom. The van der Waals surface area contributed by atoms with Crippen LogP contribution in [0.25, 0.3) is 0 Å². The summed E-state index contributed by atoms with van der Waals surface area (Å²) >= 11 is 0. The molecular formula is C14H15FN2O2S. The second-order valence-electron chi connectivity index (χ2n) is 4.65. The number of benzene rings is 2. The maximum atomic E-state index is 13.2. The second-order valence-corrected chi connectivity index (χ2v) is 6.30. The Balaban J connectivity index is 2.43. The molecule has 0 bridgehead atoms. The first-order valence-electron chi connectivity index (χ1n) is 5.94. The normalized spacial score (nSPS) is 11.3. The van der Waals surface area contributed by atoms with Crippen molar-refractivity contribution in [2.45, 2.75) is 18.7 Å². The quantitative estimate of drug-likeness (QED) is 0.855. The molecule has 20 heavy (non-hydrogen) atoms. The lowest BCUT2D eigenvalue weighted by Gasteiger charge is -2.11. The van der Waals surface area contributed by atoms with Gasteiger partial charge in [-0.05, 0) is 49.2 Å². The van der Waals surface area contributed by atoms with Gasteiger partial charge in [-0.2, -0.15) is 0 Å². The van der Waals surface area contributed by atoms with Crippen LogP contribution < -0.4 is 10.5 Å². The number of nitrogens with two attached hydrogens (primary N) is 1. The third kappa shape index (κ3) is 3.08. The molecule has 0 aromatic heterocycles. The Morgan fingerprint density at radius 3 is 2.45 bits per heavy atom. The highest BCUT2D eigenvalue weighted by Crippen LogP contribution is 2.22. The minimum Gasteiger partial charge on any atom is -0.399 e. The Bertz CT molecular complexity index is 738. The van der Waals surface area contributed by atoms with Gasteiger partial charge in [0.2, 0.25) is 0 Å². The first kappa shape index (κ1) is 14.3. The van der Waals surface area contributed by atoms with Crippen molar-refractivity contribution in [3.8, 4) is 0 Å². The lowest BCUT2D eigenvalue weighted by molar-refractivity contribution is 0.600. The summed E-state index contributed by atoms with van der Waals surface area (Å²) in [5, 5.41) is 0. The van der Waals surface area contributed by atoms with E-state index in [0.29, 0.717) is 5.56 Å². The van der Waals surface area contributed by atoms with Crippen LogP contribution in [0.3, 0.4) is 0 Å². The summed E-state index contributed by atoms with van der Waals surface area (Å²) in [5.74, 6) is -0.594. The van der Waals surface area contributed by atoms with Crippen LogP contribution in [0.5, 0.6) is 0 Å². The summed E-state index contributed by atoms with van der Waals surface area (Å²) < 4.78 is 40.2. The molecule has 0 radical (unpaired) electrons. The van der Waals surface area contributed by atoms with Crippen LogP contribution in [0, 0.1) is 19.7 Å². The highest BCUT2D eigenvalue weighted by Gasteiger charge is 2.17.